The predicted octanol–water partition coefficient (Wildman–Crippen LogP) is 12.5. The summed E-state index contributed by atoms with van der Waals surface area (Å²) in [5.74, 6) is 2.74. The average molecular weight is 848 g/mol. The molecule has 65 heavy (non-hydrogen) atoms. The van der Waals surface area contributed by atoms with Crippen LogP contribution in [0.4, 0.5) is 17.1 Å². The molecule has 5 nitrogen and oxygen atoms in total. The Hall–Kier alpha value is -8.09. The third-order valence-electron chi connectivity index (χ3n) is 12.2. The van der Waals surface area contributed by atoms with E-state index in [-0.39, 0.29) is 40.1 Å². The van der Waals surface area contributed by atoms with Crippen molar-refractivity contribution in [2.75, 3.05) is 4.90 Å². The van der Waals surface area contributed by atoms with Crippen LogP contribution in [-0.4, -0.2) is 11.3 Å². The van der Waals surface area contributed by atoms with Crippen LogP contribution in [0.1, 0.15) is 40.0 Å². The van der Waals surface area contributed by atoms with Gasteiger partial charge in [-0.1, -0.05) is 172 Å². The first kappa shape index (κ1) is 29.3. The number of rotatable bonds is 7. The second-order valence-electron chi connectivity index (χ2n) is 17.2. The van der Waals surface area contributed by atoms with Gasteiger partial charge >= 0.3 is 0 Å². The van der Waals surface area contributed by atoms with Crippen molar-refractivity contribution >= 4 is 51.2 Å². The Morgan fingerprint density at radius 3 is 2.03 bits per heavy atom. The lowest BCUT2D eigenvalue weighted by Gasteiger charge is -2.40. The molecule has 9 aromatic carbocycles. The lowest BCUT2D eigenvalue weighted by molar-refractivity contribution is -0.571. The SMILES string of the molecule is [2H]c1c([2H])c([2H])c(-c2cccc(-c3c([2H])c([2H])c([2H])c([2H])c3[2H])c2-[n+]2[c-]n(-c3cccc(Oc4ccc5c(c4)N(c4cccc(C(C)(C)C)c4)c4cccc6c4B5c4ccccc4O6)c3)c3ccccc32)c([2H])c1[2H]. The van der Waals surface area contributed by atoms with E-state index < -0.39 is 60.4 Å². The first-order valence-electron chi connectivity index (χ1n) is 26.5. The highest BCUT2D eigenvalue weighted by Crippen LogP contribution is 2.43. The van der Waals surface area contributed by atoms with E-state index in [9.17, 15) is 0 Å². The van der Waals surface area contributed by atoms with Crippen molar-refractivity contribution in [1.82, 2.24) is 4.57 Å². The molecule has 0 saturated heterocycles. The summed E-state index contributed by atoms with van der Waals surface area (Å²) in [6.07, 6.45) is 3.47. The normalized spacial score (nSPS) is 14.8. The molecule has 310 valence electrons. The van der Waals surface area contributed by atoms with Crippen molar-refractivity contribution in [3.05, 3.63) is 224 Å². The van der Waals surface area contributed by atoms with Crippen LogP contribution in [0.25, 0.3) is 44.7 Å². The molecule has 0 radical (unpaired) electrons. The van der Waals surface area contributed by atoms with Crippen molar-refractivity contribution in [1.29, 1.82) is 0 Å². The predicted molar refractivity (Wildman–Crippen MR) is 266 cm³/mol. The summed E-state index contributed by atoms with van der Waals surface area (Å²) in [5.41, 5.74) is 9.40. The molecule has 0 unspecified atom stereocenters. The van der Waals surface area contributed by atoms with Crippen LogP contribution in [0, 0.1) is 6.33 Å². The van der Waals surface area contributed by atoms with E-state index in [0.29, 0.717) is 28.2 Å². The highest BCUT2D eigenvalue weighted by molar-refractivity contribution is 6.99. The van der Waals surface area contributed by atoms with E-state index >= 15 is 0 Å². The van der Waals surface area contributed by atoms with Gasteiger partial charge in [0.15, 0.2) is 0 Å². The lowest BCUT2D eigenvalue weighted by Crippen LogP contribution is -2.59. The molecule has 0 amide bonds. The minimum absolute atomic E-state index is 0.104. The standard InChI is InChI=1S/C59H44BN3O2/c1-59(2,3)42-22-14-24-44(36-42)63-53-31-17-33-56-57(53)60(50-28-10-13-32-55(50)65-56)49-35-34-46(38-54(49)63)64-45-25-15-23-43(37-45)61-39-62(52-30-12-11-29-51(52)61)58-47(40-18-6-4-7-19-40)26-16-27-48(58)41-20-8-5-9-21-41/h4-38H,1-3H3/i4D,5D,6D,7D,8D,9D,18D,19D,20D,21D. The number of fused-ring (bicyclic) bond motifs is 5. The molecule has 12 rings (SSSR count). The van der Waals surface area contributed by atoms with Crippen LogP contribution in [0.3, 0.4) is 0 Å². The second-order valence-corrected chi connectivity index (χ2v) is 17.2. The maximum absolute atomic E-state index is 9.06. The van der Waals surface area contributed by atoms with Gasteiger partial charge in [0.2, 0.25) is 0 Å². The van der Waals surface area contributed by atoms with Gasteiger partial charge in [-0.25, -0.2) is 0 Å². The molecule has 3 heterocycles. The number of nitrogens with zero attached hydrogens (tertiary/aromatic N) is 3. The average Bonchev–Trinajstić information content (AvgIpc) is 3.80. The number of anilines is 3. The number of hydrogen-bond donors (Lipinski definition) is 0. The molecule has 0 N–H and O–H groups in total. The summed E-state index contributed by atoms with van der Waals surface area (Å²) in [5, 5.41) is 0. The first-order valence-corrected chi connectivity index (χ1v) is 21.5. The molecule has 6 heteroatoms. The fourth-order valence-corrected chi connectivity index (χ4v) is 9.26. The van der Waals surface area contributed by atoms with Gasteiger partial charge in [0, 0.05) is 23.1 Å². The minimum Gasteiger partial charge on any atom is -0.458 e. The monoisotopic (exact) mass is 847 g/mol. The fourth-order valence-electron chi connectivity index (χ4n) is 9.26. The van der Waals surface area contributed by atoms with E-state index in [4.69, 9.17) is 23.2 Å². The Balaban J connectivity index is 1.01. The largest absolute Gasteiger partial charge is 0.458 e. The van der Waals surface area contributed by atoms with Gasteiger partial charge in [-0.3, -0.25) is 9.13 Å². The molecule has 0 fully saturated rings. The molecule has 10 aromatic rings. The number of aromatic nitrogens is 2. The van der Waals surface area contributed by atoms with Crippen molar-refractivity contribution in [3.8, 4) is 56.6 Å². The van der Waals surface area contributed by atoms with Crippen LogP contribution in [0.5, 0.6) is 23.0 Å². The Kier molecular flexibility index (Phi) is 6.91. The molecule has 2 aliphatic heterocycles. The van der Waals surface area contributed by atoms with E-state index in [0.717, 1.165) is 44.9 Å². The zero-order valence-corrected chi connectivity index (χ0v) is 35.7. The van der Waals surface area contributed by atoms with Gasteiger partial charge in [-0.05, 0) is 104 Å². The lowest BCUT2D eigenvalue weighted by atomic mass is 9.34. The molecule has 0 spiro atoms. The Labute approximate surface area is 394 Å². The summed E-state index contributed by atoms with van der Waals surface area (Å²) in [7, 11) is 0. The molecular weight excluding hydrogens is 793 g/mol. The molecule has 0 saturated carbocycles. The molecule has 0 atom stereocenters. The van der Waals surface area contributed by atoms with Crippen molar-refractivity contribution in [3.63, 3.8) is 0 Å². The van der Waals surface area contributed by atoms with Crippen LogP contribution in [0.2, 0.25) is 0 Å². The van der Waals surface area contributed by atoms with Crippen molar-refractivity contribution in [2.24, 2.45) is 0 Å². The van der Waals surface area contributed by atoms with Gasteiger partial charge in [-0.15, -0.1) is 0 Å². The number of benzene rings is 9. The summed E-state index contributed by atoms with van der Waals surface area (Å²) < 4.78 is 104. The second kappa shape index (κ2) is 15.3. The maximum atomic E-state index is 9.06. The third kappa shape index (κ3) is 6.60. The van der Waals surface area contributed by atoms with Crippen molar-refractivity contribution < 1.29 is 27.7 Å². The molecule has 1 aromatic heterocycles. The van der Waals surface area contributed by atoms with Gasteiger partial charge < -0.3 is 14.4 Å². The highest BCUT2D eigenvalue weighted by Gasteiger charge is 2.42. The Morgan fingerprint density at radius 1 is 0.585 bits per heavy atom. The Morgan fingerprint density at radius 2 is 1.25 bits per heavy atom. The molecule has 2 aliphatic rings. The quantitative estimate of drug-likeness (QED) is 0.0909. The molecule has 0 bridgehead atoms. The van der Waals surface area contributed by atoms with Crippen molar-refractivity contribution in [2.45, 2.75) is 26.2 Å². The van der Waals surface area contributed by atoms with Gasteiger partial charge in [0.25, 0.3) is 13.0 Å². The fraction of sp³-hybridized carbons (Fsp3) is 0.0678. The number of para-hydroxylation sites is 4. The van der Waals surface area contributed by atoms with E-state index in [1.807, 2.05) is 84.9 Å². The van der Waals surface area contributed by atoms with E-state index in [1.54, 1.807) is 27.3 Å². The zero-order chi connectivity index (χ0) is 52.4. The maximum Gasteiger partial charge on any atom is 0.269 e. The number of hydrogen-bond acceptors (Lipinski definition) is 3. The van der Waals surface area contributed by atoms with Gasteiger partial charge in [0.1, 0.15) is 23.0 Å². The van der Waals surface area contributed by atoms with Crippen LogP contribution in [0.15, 0.2) is 212 Å². The first-order chi connectivity index (χ1) is 36.0. The summed E-state index contributed by atoms with van der Waals surface area (Å²) >= 11 is 0. The highest BCUT2D eigenvalue weighted by atomic mass is 16.5. The summed E-state index contributed by atoms with van der Waals surface area (Å²) in [6.45, 7) is 6.52. The topological polar surface area (TPSA) is 30.5 Å². The van der Waals surface area contributed by atoms with Crippen LogP contribution in [-0.2, 0) is 5.41 Å². The number of ether oxygens (including phenoxy) is 2. The summed E-state index contributed by atoms with van der Waals surface area (Å²) in [4.78, 5) is 2.29. The third-order valence-corrected chi connectivity index (χ3v) is 12.2. The van der Waals surface area contributed by atoms with E-state index in [1.165, 1.54) is 5.56 Å². The molecular formula is C59H44BN3O2. The smallest absolute Gasteiger partial charge is 0.269 e. The van der Waals surface area contributed by atoms with Gasteiger partial charge in [-0.2, -0.15) is 0 Å². The molecule has 0 aliphatic carbocycles. The Bertz CT molecular complexity index is 3920. The van der Waals surface area contributed by atoms with E-state index in [2.05, 4.69) is 80.5 Å². The zero-order valence-electron chi connectivity index (χ0n) is 45.7. The summed E-state index contributed by atoms with van der Waals surface area (Å²) in [6, 6.07) is 43.8. The van der Waals surface area contributed by atoms with Crippen LogP contribution >= 0.6 is 0 Å². The van der Waals surface area contributed by atoms with Gasteiger partial charge in [0.05, 0.1) is 36.1 Å². The minimum atomic E-state index is -0.567. The van der Waals surface area contributed by atoms with Crippen LogP contribution < -0.4 is 35.3 Å². The number of imidazole rings is 1.